The van der Waals surface area contributed by atoms with Crippen molar-refractivity contribution in [1.82, 2.24) is 5.32 Å². The van der Waals surface area contributed by atoms with Gasteiger partial charge in [0.05, 0.1) is 25.4 Å². The number of ether oxygens (including phenoxy) is 3. The molecule has 0 aliphatic carbocycles. The number of esters is 1. The van der Waals surface area contributed by atoms with Crippen LogP contribution in [0.2, 0.25) is 0 Å². The van der Waals surface area contributed by atoms with E-state index in [0.29, 0.717) is 12.8 Å². The van der Waals surface area contributed by atoms with Gasteiger partial charge in [-0.3, -0.25) is 9.59 Å². The minimum Gasteiger partial charge on any atom is -0.454 e. The smallest absolute Gasteiger partial charge is 0.306 e. The molecule has 0 aromatic heterocycles. The highest BCUT2D eigenvalue weighted by atomic mass is 16.7. The number of carbonyl (C=O) groups excluding carboxylic acids is 2. The highest BCUT2D eigenvalue weighted by molar-refractivity contribution is 5.80. The molecular formula is C69H129NO10. The maximum absolute atomic E-state index is 13.4. The molecule has 0 aromatic carbocycles. The Labute approximate surface area is 492 Å². The molecule has 1 amide bonds. The summed E-state index contributed by atoms with van der Waals surface area (Å²) in [5.41, 5.74) is 0. The first-order valence-electron chi connectivity index (χ1n) is 34.3. The zero-order valence-electron chi connectivity index (χ0n) is 52.2. The van der Waals surface area contributed by atoms with Gasteiger partial charge >= 0.3 is 5.97 Å². The number of allylic oxidation sites excluding steroid dienone is 5. The van der Waals surface area contributed by atoms with E-state index in [9.17, 15) is 35.1 Å². The van der Waals surface area contributed by atoms with Crippen molar-refractivity contribution in [2.24, 2.45) is 0 Å². The van der Waals surface area contributed by atoms with Gasteiger partial charge in [-0.15, -0.1) is 0 Å². The minimum atomic E-state index is -1.61. The Morgan fingerprint density at radius 3 is 1.34 bits per heavy atom. The van der Waals surface area contributed by atoms with Crippen molar-refractivity contribution in [2.45, 2.75) is 378 Å². The predicted molar refractivity (Wildman–Crippen MR) is 334 cm³/mol. The quantitative estimate of drug-likeness (QED) is 0.0195. The van der Waals surface area contributed by atoms with Crippen LogP contribution in [0.3, 0.4) is 0 Å². The summed E-state index contributed by atoms with van der Waals surface area (Å²) in [6.07, 6.45) is 59.3. The Balaban J connectivity index is 2.50. The second-order valence-electron chi connectivity index (χ2n) is 23.9. The second-order valence-corrected chi connectivity index (χ2v) is 23.9. The van der Waals surface area contributed by atoms with Crippen LogP contribution in [0.25, 0.3) is 0 Å². The first-order chi connectivity index (χ1) is 39.2. The molecule has 0 bridgehead atoms. The molecule has 6 N–H and O–H groups in total. The van der Waals surface area contributed by atoms with E-state index in [1.165, 1.54) is 193 Å². The van der Waals surface area contributed by atoms with Gasteiger partial charge in [0.2, 0.25) is 5.91 Å². The average molecular weight is 1130 g/mol. The number of hydrogen-bond donors (Lipinski definition) is 6. The number of rotatable bonds is 59. The molecule has 0 radical (unpaired) electrons. The molecule has 11 heteroatoms. The van der Waals surface area contributed by atoms with Crippen molar-refractivity contribution in [2.75, 3.05) is 13.2 Å². The summed E-state index contributed by atoms with van der Waals surface area (Å²) in [5.74, 6) is -1.19. The second kappa shape index (κ2) is 57.3. The molecular weight excluding hydrogens is 1000 g/mol. The molecule has 1 fully saturated rings. The van der Waals surface area contributed by atoms with Crippen LogP contribution in [-0.2, 0) is 23.8 Å². The lowest BCUT2D eigenvalue weighted by atomic mass is 9.99. The summed E-state index contributed by atoms with van der Waals surface area (Å²) < 4.78 is 17.7. The summed E-state index contributed by atoms with van der Waals surface area (Å²) in [5, 5.41) is 57.0. The standard InChI is InChI=1S/C69H129NO10/c1-4-7-10-13-16-19-22-24-25-26-27-28-29-30-31-32-33-34-35-36-37-39-42-45-48-51-54-57-64(74)80-67-66(76)65(75)63(58-71)79-69(67)78-59-60(61(72)55-52-49-46-43-40-21-18-15-12-9-6-3)70-68(77)62(73)56-53-50-47-44-41-38-23-20-17-14-11-8-5-2/h8,11,17,20,52,55,60-63,65-67,69,71-73,75-76H,4-7,9-10,12-16,18-19,21-51,53-54,56-59H2,1-3H3,(H,70,77)/b11-8+,20-17+,55-52+. The molecule has 0 aromatic rings. The van der Waals surface area contributed by atoms with Gasteiger partial charge in [0, 0.05) is 6.42 Å². The monoisotopic (exact) mass is 1130 g/mol. The maximum atomic E-state index is 13.4. The summed E-state index contributed by atoms with van der Waals surface area (Å²) in [7, 11) is 0. The lowest BCUT2D eigenvalue weighted by molar-refractivity contribution is -0.305. The maximum Gasteiger partial charge on any atom is 0.306 e. The van der Waals surface area contributed by atoms with E-state index in [0.717, 1.165) is 89.9 Å². The van der Waals surface area contributed by atoms with Gasteiger partial charge in [-0.05, 0) is 51.4 Å². The minimum absolute atomic E-state index is 0.128. The highest BCUT2D eigenvalue weighted by Gasteiger charge is 2.47. The molecule has 1 rings (SSSR count). The number of aliphatic hydroxyl groups is 5. The van der Waals surface area contributed by atoms with Gasteiger partial charge in [0.25, 0.3) is 0 Å². The molecule has 1 aliphatic heterocycles. The van der Waals surface area contributed by atoms with Gasteiger partial charge < -0.3 is 45.1 Å². The van der Waals surface area contributed by atoms with Crippen molar-refractivity contribution >= 4 is 11.9 Å². The Hall–Kier alpha value is -2.12. The summed E-state index contributed by atoms with van der Waals surface area (Å²) in [6.45, 7) is 5.71. The van der Waals surface area contributed by atoms with Crippen LogP contribution in [0.15, 0.2) is 36.5 Å². The number of carbonyl (C=O) groups is 2. The van der Waals surface area contributed by atoms with Crippen LogP contribution in [0.1, 0.15) is 329 Å². The summed E-state index contributed by atoms with van der Waals surface area (Å²) in [4.78, 5) is 26.6. The fourth-order valence-corrected chi connectivity index (χ4v) is 10.9. The van der Waals surface area contributed by atoms with Crippen molar-refractivity contribution in [3.05, 3.63) is 36.5 Å². The molecule has 11 nitrogen and oxygen atoms in total. The fourth-order valence-electron chi connectivity index (χ4n) is 10.9. The predicted octanol–water partition coefficient (Wildman–Crippen LogP) is 17.0. The average Bonchev–Trinajstić information content (AvgIpc) is 3.46. The van der Waals surface area contributed by atoms with E-state index in [1.54, 1.807) is 6.08 Å². The van der Waals surface area contributed by atoms with E-state index in [4.69, 9.17) is 14.2 Å². The van der Waals surface area contributed by atoms with E-state index in [1.807, 2.05) is 6.08 Å². The number of unbranched alkanes of at least 4 members (excludes halogenated alkanes) is 41. The summed E-state index contributed by atoms with van der Waals surface area (Å²) >= 11 is 0. The normalized spacial score (nSPS) is 18.9. The lowest BCUT2D eigenvalue weighted by Gasteiger charge is -2.41. The van der Waals surface area contributed by atoms with Crippen LogP contribution < -0.4 is 5.32 Å². The number of nitrogens with one attached hydrogen (secondary N) is 1. The van der Waals surface area contributed by atoms with Crippen molar-refractivity contribution in [3.8, 4) is 0 Å². The molecule has 1 aliphatic rings. The molecule has 8 atom stereocenters. The fraction of sp³-hybridized carbons (Fsp3) is 0.884. The largest absolute Gasteiger partial charge is 0.454 e. The Morgan fingerprint density at radius 1 is 0.500 bits per heavy atom. The van der Waals surface area contributed by atoms with Crippen molar-refractivity contribution in [3.63, 3.8) is 0 Å². The first kappa shape index (κ1) is 75.9. The van der Waals surface area contributed by atoms with E-state index in [2.05, 4.69) is 50.4 Å². The van der Waals surface area contributed by atoms with Crippen LogP contribution in [0.4, 0.5) is 0 Å². The van der Waals surface area contributed by atoms with Gasteiger partial charge in [-0.2, -0.15) is 0 Å². The number of aliphatic hydroxyl groups excluding tert-OH is 5. The third-order valence-electron chi connectivity index (χ3n) is 16.3. The first-order valence-corrected chi connectivity index (χ1v) is 34.3. The summed E-state index contributed by atoms with van der Waals surface area (Å²) in [6, 6.07) is -1.02. The van der Waals surface area contributed by atoms with Gasteiger partial charge in [-0.1, -0.05) is 308 Å². The van der Waals surface area contributed by atoms with Crippen molar-refractivity contribution < 1.29 is 49.3 Å². The van der Waals surface area contributed by atoms with Crippen LogP contribution in [-0.4, -0.2) is 99.6 Å². The van der Waals surface area contributed by atoms with Crippen molar-refractivity contribution in [1.29, 1.82) is 0 Å². The van der Waals surface area contributed by atoms with Crippen LogP contribution in [0, 0.1) is 0 Å². The number of amides is 1. The molecule has 80 heavy (non-hydrogen) atoms. The molecule has 470 valence electrons. The topological polar surface area (TPSA) is 175 Å². The van der Waals surface area contributed by atoms with E-state index >= 15 is 0 Å². The zero-order valence-corrected chi connectivity index (χ0v) is 52.2. The molecule has 1 heterocycles. The highest BCUT2D eigenvalue weighted by Crippen LogP contribution is 2.26. The van der Waals surface area contributed by atoms with Crippen LogP contribution >= 0.6 is 0 Å². The van der Waals surface area contributed by atoms with E-state index < -0.39 is 67.4 Å². The Morgan fingerprint density at radius 2 is 0.900 bits per heavy atom. The number of hydrogen-bond acceptors (Lipinski definition) is 10. The Bertz CT molecular complexity index is 1440. The molecule has 8 unspecified atom stereocenters. The SMILES string of the molecule is CC/C=C/C/C=C/CCCCCCCCC(O)C(=O)NC(COC1OC(CO)C(O)C(O)C1OC(=O)CCCCCCCCCCCCCCCCCCCCCCCCCCCCC)C(O)/C=C/CCCCCCCCCCC. The van der Waals surface area contributed by atoms with Gasteiger partial charge in [-0.25, -0.2) is 0 Å². The molecule has 1 saturated heterocycles. The third-order valence-corrected chi connectivity index (χ3v) is 16.3. The molecule has 0 spiro atoms. The Kier molecular flexibility index (Phi) is 54.4. The molecule has 0 saturated carbocycles. The van der Waals surface area contributed by atoms with Gasteiger partial charge in [0.1, 0.15) is 24.4 Å². The van der Waals surface area contributed by atoms with Crippen LogP contribution in [0.5, 0.6) is 0 Å². The third kappa shape index (κ3) is 44.4. The lowest BCUT2D eigenvalue weighted by Crippen LogP contribution is -2.61. The van der Waals surface area contributed by atoms with E-state index in [-0.39, 0.29) is 19.4 Å². The van der Waals surface area contributed by atoms with Gasteiger partial charge in [0.15, 0.2) is 12.4 Å². The zero-order chi connectivity index (χ0) is 58.2.